The summed E-state index contributed by atoms with van der Waals surface area (Å²) in [5, 5.41) is 0. The topological polar surface area (TPSA) is 50.1 Å². The third-order valence-electron chi connectivity index (χ3n) is 0.696. The van der Waals surface area contributed by atoms with Crippen molar-refractivity contribution >= 4 is 5.97 Å². The van der Waals surface area contributed by atoms with Crippen LogP contribution in [0.3, 0.4) is 0 Å². The molecule has 1 radical (unpaired) electrons. The van der Waals surface area contributed by atoms with Crippen LogP contribution in [0.25, 0.3) is 0 Å². The molecular weight excluding hydrogens is 118 g/mol. The van der Waals surface area contributed by atoms with Crippen molar-refractivity contribution in [3.05, 3.63) is 0 Å². The summed E-state index contributed by atoms with van der Waals surface area (Å²) in [7, 11) is 0. The van der Waals surface area contributed by atoms with Gasteiger partial charge in [-0.15, -0.1) is 0 Å². The van der Waals surface area contributed by atoms with Crippen molar-refractivity contribution < 1.29 is 9.53 Å². The molecule has 0 aromatic carbocycles. The summed E-state index contributed by atoms with van der Waals surface area (Å²) in [6.45, 7) is 3.70. The molecule has 0 heterocycles. The van der Waals surface area contributed by atoms with Gasteiger partial charge in [-0.2, -0.15) is 0 Å². The van der Waals surface area contributed by atoms with Crippen LogP contribution in [0.5, 0.6) is 0 Å². The standard InChI is InChI=1S/C6H12NO2/c1-5(2)9-6(8)3-4-7/h5,7H,3-4H2,1-2H3. The van der Waals surface area contributed by atoms with Gasteiger partial charge in [-0.1, -0.05) is 0 Å². The maximum Gasteiger partial charge on any atom is 0.307 e. The van der Waals surface area contributed by atoms with Gasteiger partial charge in [-0.3, -0.25) is 10.5 Å². The second-order valence-electron chi connectivity index (χ2n) is 2.04. The fraction of sp³-hybridized carbons (Fsp3) is 0.833. The Morgan fingerprint density at radius 1 is 1.67 bits per heavy atom. The molecule has 0 aromatic heterocycles. The van der Waals surface area contributed by atoms with Crippen molar-refractivity contribution in [3.63, 3.8) is 0 Å². The zero-order valence-corrected chi connectivity index (χ0v) is 5.81. The van der Waals surface area contributed by atoms with Gasteiger partial charge in [0.2, 0.25) is 0 Å². The molecule has 53 valence electrons. The van der Waals surface area contributed by atoms with Crippen LogP contribution in [0.1, 0.15) is 20.3 Å². The summed E-state index contributed by atoms with van der Waals surface area (Å²) in [4.78, 5) is 10.5. The minimum absolute atomic E-state index is 0.0518. The Morgan fingerprint density at radius 2 is 2.22 bits per heavy atom. The molecule has 0 bridgehead atoms. The molecule has 3 nitrogen and oxygen atoms in total. The summed E-state index contributed by atoms with van der Waals surface area (Å²) < 4.78 is 4.73. The molecule has 0 saturated carbocycles. The Bertz CT molecular complexity index is 91.1. The Balaban J connectivity index is 3.27. The van der Waals surface area contributed by atoms with Gasteiger partial charge in [-0.25, -0.2) is 0 Å². The predicted molar refractivity (Wildman–Crippen MR) is 33.8 cm³/mol. The van der Waals surface area contributed by atoms with Crippen molar-refractivity contribution in [2.45, 2.75) is 26.4 Å². The second kappa shape index (κ2) is 4.32. The average molecular weight is 130 g/mol. The van der Waals surface area contributed by atoms with E-state index in [1.807, 2.05) is 0 Å². The lowest BCUT2D eigenvalue weighted by Gasteiger charge is -2.05. The van der Waals surface area contributed by atoms with E-state index in [1.165, 1.54) is 0 Å². The van der Waals surface area contributed by atoms with Gasteiger partial charge in [-0.05, 0) is 13.8 Å². The number of ether oxygens (including phenoxy) is 1. The molecular formula is C6H12NO2. The van der Waals surface area contributed by atoms with Gasteiger partial charge in [0, 0.05) is 6.54 Å². The number of rotatable bonds is 3. The van der Waals surface area contributed by atoms with Crippen molar-refractivity contribution in [3.8, 4) is 0 Å². The zero-order valence-electron chi connectivity index (χ0n) is 5.81. The molecule has 0 aliphatic carbocycles. The lowest BCUT2D eigenvalue weighted by molar-refractivity contribution is -0.147. The highest BCUT2D eigenvalue weighted by molar-refractivity contribution is 5.69. The maximum atomic E-state index is 10.5. The molecule has 0 aliphatic rings. The van der Waals surface area contributed by atoms with Crippen LogP contribution in [0.15, 0.2) is 0 Å². The number of hydrogen-bond donors (Lipinski definition) is 0. The molecule has 0 aromatic rings. The van der Waals surface area contributed by atoms with Crippen molar-refractivity contribution in [1.82, 2.24) is 5.73 Å². The molecule has 0 rings (SSSR count). The summed E-state index contributed by atoms with van der Waals surface area (Å²) in [6, 6.07) is 0. The molecule has 0 aliphatic heterocycles. The minimum atomic E-state index is -0.278. The van der Waals surface area contributed by atoms with Crippen LogP contribution in [0, 0.1) is 0 Å². The number of carbonyl (C=O) groups is 1. The van der Waals surface area contributed by atoms with E-state index in [4.69, 9.17) is 10.5 Å². The Kier molecular flexibility index (Phi) is 4.05. The van der Waals surface area contributed by atoms with Crippen molar-refractivity contribution in [2.24, 2.45) is 0 Å². The molecule has 0 amide bonds. The van der Waals surface area contributed by atoms with Crippen LogP contribution in [0.2, 0.25) is 0 Å². The molecule has 0 fully saturated rings. The van der Waals surface area contributed by atoms with Gasteiger partial charge < -0.3 is 4.74 Å². The predicted octanol–water partition coefficient (Wildman–Crippen LogP) is 0.611. The van der Waals surface area contributed by atoms with E-state index in [-0.39, 0.29) is 25.0 Å². The lowest BCUT2D eigenvalue weighted by atomic mass is 10.4. The first-order valence-electron chi connectivity index (χ1n) is 3.01. The first kappa shape index (κ1) is 8.43. The number of nitrogens with one attached hydrogen (secondary N) is 1. The second-order valence-corrected chi connectivity index (χ2v) is 2.04. The fourth-order valence-corrected chi connectivity index (χ4v) is 0.424. The molecule has 0 unspecified atom stereocenters. The largest absolute Gasteiger partial charge is 0.463 e. The normalized spacial score (nSPS) is 9.78. The highest BCUT2D eigenvalue weighted by Crippen LogP contribution is 1.90. The summed E-state index contributed by atoms with van der Waals surface area (Å²) >= 11 is 0. The van der Waals surface area contributed by atoms with Crippen LogP contribution in [-0.4, -0.2) is 18.6 Å². The molecule has 0 spiro atoms. The van der Waals surface area contributed by atoms with Gasteiger partial charge in [0.05, 0.1) is 12.5 Å². The van der Waals surface area contributed by atoms with Gasteiger partial charge in [0.25, 0.3) is 0 Å². The molecule has 0 saturated heterocycles. The van der Waals surface area contributed by atoms with Gasteiger partial charge in [0.1, 0.15) is 0 Å². The van der Waals surface area contributed by atoms with Gasteiger partial charge in [0.15, 0.2) is 0 Å². The van der Waals surface area contributed by atoms with E-state index in [0.29, 0.717) is 0 Å². The van der Waals surface area contributed by atoms with Crippen LogP contribution >= 0.6 is 0 Å². The van der Waals surface area contributed by atoms with Gasteiger partial charge >= 0.3 is 5.97 Å². The third-order valence-corrected chi connectivity index (χ3v) is 0.696. The first-order valence-corrected chi connectivity index (χ1v) is 3.01. The molecule has 0 atom stereocenters. The summed E-state index contributed by atoms with van der Waals surface area (Å²) in [5.41, 5.74) is 6.68. The summed E-state index contributed by atoms with van der Waals surface area (Å²) in [6.07, 6.45) is 0.155. The maximum absolute atomic E-state index is 10.5. The minimum Gasteiger partial charge on any atom is -0.463 e. The van der Waals surface area contributed by atoms with E-state index in [9.17, 15) is 4.79 Å². The highest BCUT2D eigenvalue weighted by Gasteiger charge is 2.01. The third kappa shape index (κ3) is 5.30. The van der Waals surface area contributed by atoms with E-state index in [2.05, 4.69) is 0 Å². The average Bonchev–Trinajstić information content (AvgIpc) is 1.63. The lowest BCUT2D eigenvalue weighted by Crippen LogP contribution is -2.12. The quantitative estimate of drug-likeness (QED) is 0.525. The van der Waals surface area contributed by atoms with E-state index in [1.54, 1.807) is 13.8 Å². The van der Waals surface area contributed by atoms with E-state index in [0.717, 1.165) is 0 Å². The molecule has 1 N–H and O–H groups in total. The molecule has 3 heteroatoms. The highest BCUT2D eigenvalue weighted by atomic mass is 16.5. The van der Waals surface area contributed by atoms with Crippen molar-refractivity contribution in [1.29, 1.82) is 0 Å². The molecule has 9 heavy (non-hydrogen) atoms. The first-order chi connectivity index (χ1) is 4.16. The summed E-state index contributed by atoms with van der Waals surface area (Å²) in [5.74, 6) is -0.278. The SMILES string of the molecule is CC(C)OC(=O)CC[NH]. The number of hydrogen-bond acceptors (Lipinski definition) is 2. The monoisotopic (exact) mass is 130 g/mol. The van der Waals surface area contributed by atoms with E-state index >= 15 is 0 Å². The van der Waals surface area contributed by atoms with Crippen molar-refractivity contribution in [2.75, 3.05) is 6.54 Å². The Labute approximate surface area is 55.2 Å². The smallest absolute Gasteiger partial charge is 0.307 e. The Morgan fingerprint density at radius 3 is 2.56 bits per heavy atom. The zero-order chi connectivity index (χ0) is 7.28. The number of carbonyl (C=O) groups excluding carboxylic acids is 1. The number of esters is 1. The van der Waals surface area contributed by atoms with Crippen LogP contribution in [0.4, 0.5) is 0 Å². The van der Waals surface area contributed by atoms with Crippen LogP contribution in [-0.2, 0) is 9.53 Å². The van der Waals surface area contributed by atoms with Crippen LogP contribution < -0.4 is 5.73 Å². The Hall–Kier alpha value is -0.570. The van der Waals surface area contributed by atoms with E-state index < -0.39 is 0 Å². The fourth-order valence-electron chi connectivity index (χ4n) is 0.424.